The van der Waals surface area contributed by atoms with Gasteiger partial charge in [-0.05, 0) is 24.3 Å². The number of methoxy groups -OCH3 is 1. The van der Waals surface area contributed by atoms with E-state index in [9.17, 15) is 4.21 Å². The fourth-order valence-electron chi connectivity index (χ4n) is 1.12. The van der Waals surface area contributed by atoms with E-state index >= 15 is 0 Å². The summed E-state index contributed by atoms with van der Waals surface area (Å²) in [5.41, 5.74) is 0. The summed E-state index contributed by atoms with van der Waals surface area (Å²) in [6, 6.07) is 6.41. The van der Waals surface area contributed by atoms with Gasteiger partial charge in [0, 0.05) is 7.11 Å². The van der Waals surface area contributed by atoms with E-state index < -0.39 is 11.1 Å². The third-order valence-electron chi connectivity index (χ3n) is 1.95. The minimum atomic E-state index is -1.94. The fraction of sp³-hybridized carbons (Fsp3) is 0.455. The van der Waals surface area contributed by atoms with Gasteiger partial charge in [0.1, 0.15) is 12.4 Å². The molecule has 0 saturated carbocycles. The van der Waals surface area contributed by atoms with Gasteiger partial charge in [0.05, 0.1) is 24.7 Å². The Bertz CT molecular complexity index is 338. The van der Waals surface area contributed by atoms with Crippen molar-refractivity contribution in [3.8, 4) is 5.75 Å². The standard InChI is InChI=1S/C11H16O5S/c1-14-6-7-15-8-9-16-10-2-4-11(5-3-10)17(12)13/h2-5H,6-9H2,1H3,(H,12,13). The minimum absolute atomic E-state index is 0.355. The third-order valence-corrected chi connectivity index (χ3v) is 2.63. The molecule has 96 valence electrons. The molecule has 0 amide bonds. The Balaban J connectivity index is 2.21. The number of hydrogen-bond acceptors (Lipinski definition) is 4. The van der Waals surface area contributed by atoms with Gasteiger partial charge in [0.25, 0.3) is 0 Å². The Labute approximate surface area is 103 Å². The van der Waals surface area contributed by atoms with Crippen molar-refractivity contribution in [2.45, 2.75) is 4.90 Å². The summed E-state index contributed by atoms with van der Waals surface area (Å²) in [7, 11) is 1.62. The molecular weight excluding hydrogens is 244 g/mol. The number of rotatable bonds is 8. The van der Waals surface area contributed by atoms with E-state index in [4.69, 9.17) is 18.8 Å². The molecule has 0 fully saturated rings. The van der Waals surface area contributed by atoms with Crippen molar-refractivity contribution in [3.63, 3.8) is 0 Å². The lowest BCUT2D eigenvalue weighted by atomic mass is 10.3. The van der Waals surface area contributed by atoms with Crippen molar-refractivity contribution >= 4 is 11.1 Å². The molecule has 0 aliphatic heterocycles. The van der Waals surface area contributed by atoms with Crippen LogP contribution < -0.4 is 4.74 Å². The first-order valence-electron chi connectivity index (χ1n) is 5.14. The fourth-order valence-corrected chi connectivity index (χ4v) is 1.48. The number of ether oxygens (including phenoxy) is 3. The highest BCUT2D eigenvalue weighted by molar-refractivity contribution is 7.79. The molecule has 1 rings (SSSR count). The SMILES string of the molecule is COCCOCCOc1ccc(S(=O)O)cc1. The van der Waals surface area contributed by atoms with Crippen molar-refractivity contribution in [3.05, 3.63) is 24.3 Å². The molecule has 1 unspecified atom stereocenters. The molecule has 0 saturated heterocycles. The molecule has 1 aromatic rings. The van der Waals surface area contributed by atoms with Gasteiger partial charge < -0.3 is 18.8 Å². The van der Waals surface area contributed by atoms with E-state index in [2.05, 4.69) is 0 Å². The van der Waals surface area contributed by atoms with Gasteiger partial charge >= 0.3 is 0 Å². The van der Waals surface area contributed by atoms with Crippen LogP contribution in [0.3, 0.4) is 0 Å². The normalized spacial score (nSPS) is 12.4. The highest BCUT2D eigenvalue weighted by Gasteiger charge is 1.99. The van der Waals surface area contributed by atoms with E-state index in [0.717, 1.165) is 0 Å². The molecular formula is C11H16O5S. The zero-order valence-corrected chi connectivity index (χ0v) is 10.4. The van der Waals surface area contributed by atoms with Gasteiger partial charge in [-0.1, -0.05) is 0 Å². The van der Waals surface area contributed by atoms with Gasteiger partial charge in [0.15, 0.2) is 11.1 Å². The van der Waals surface area contributed by atoms with Crippen molar-refractivity contribution in [2.75, 3.05) is 33.5 Å². The van der Waals surface area contributed by atoms with E-state index in [-0.39, 0.29) is 0 Å². The van der Waals surface area contributed by atoms with Crippen LogP contribution in [0.1, 0.15) is 0 Å². The second kappa shape index (κ2) is 8.19. The summed E-state index contributed by atoms with van der Waals surface area (Å²) in [4.78, 5) is 0.355. The quantitative estimate of drug-likeness (QED) is 0.564. The van der Waals surface area contributed by atoms with Crippen LogP contribution in [0.5, 0.6) is 5.75 Å². The summed E-state index contributed by atoms with van der Waals surface area (Å²) in [6.45, 7) is 2.03. The maximum Gasteiger partial charge on any atom is 0.186 e. The molecule has 1 aromatic carbocycles. The largest absolute Gasteiger partial charge is 0.491 e. The van der Waals surface area contributed by atoms with Gasteiger partial charge in [-0.25, -0.2) is 4.21 Å². The topological polar surface area (TPSA) is 65.0 Å². The lowest BCUT2D eigenvalue weighted by molar-refractivity contribution is 0.0544. The first kappa shape index (κ1) is 14.1. The Morgan fingerprint density at radius 3 is 2.35 bits per heavy atom. The van der Waals surface area contributed by atoms with Crippen LogP contribution in [0.4, 0.5) is 0 Å². The van der Waals surface area contributed by atoms with Crippen LogP contribution >= 0.6 is 0 Å². The molecule has 17 heavy (non-hydrogen) atoms. The smallest absolute Gasteiger partial charge is 0.186 e. The molecule has 0 radical (unpaired) electrons. The molecule has 5 nitrogen and oxygen atoms in total. The molecule has 0 bridgehead atoms. The maximum atomic E-state index is 10.7. The Morgan fingerprint density at radius 1 is 1.12 bits per heavy atom. The molecule has 0 aliphatic rings. The monoisotopic (exact) mass is 260 g/mol. The summed E-state index contributed by atoms with van der Waals surface area (Å²) in [6.07, 6.45) is 0. The third kappa shape index (κ3) is 5.78. The number of hydrogen-bond donors (Lipinski definition) is 1. The second-order valence-electron chi connectivity index (χ2n) is 3.17. The molecule has 1 N–H and O–H groups in total. The maximum absolute atomic E-state index is 10.7. The Hall–Kier alpha value is -0.950. The van der Waals surface area contributed by atoms with E-state index in [1.807, 2.05) is 0 Å². The predicted octanol–water partition coefficient (Wildman–Crippen LogP) is 1.31. The summed E-state index contributed by atoms with van der Waals surface area (Å²) >= 11 is -1.94. The molecule has 0 aromatic heterocycles. The van der Waals surface area contributed by atoms with Crippen molar-refractivity contribution < 1.29 is 23.0 Å². The molecule has 0 heterocycles. The molecule has 6 heteroatoms. The Morgan fingerprint density at radius 2 is 1.76 bits per heavy atom. The highest BCUT2D eigenvalue weighted by Crippen LogP contribution is 2.13. The molecule has 1 atom stereocenters. The van der Waals surface area contributed by atoms with Crippen LogP contribution in [0.15, 0.2) is 29.2 Å². The van der Waals surface area contributed by atoms with E-state index in [1.54, 1.807) is 31.4 Å². The van der Waals surface area contributed by atoms with E-state index in [0.29, 0.717) is 37.1 Å². The average molecular weight is 260 g/mol. The van der Waals surface area contributed by atoms with Crippen LogP contribution in [-0.2, 0) is 20.6 Å². The first-order valence-corrected chi connectivity index (χ1v) is 6.25. The van der Waals surface area contributed by atoms with Crippen LogP contribution in [0.25, 0.3) is 0 Å². The molecule has 0 spiro atoms. The summed E-state index contributed by atoms with van der Waals surface area (Å²) in [5, 5.41) is 0. The van der Waals surface area contributed by atoms with E-state index in [1.165, 1.54) is 0 Å². The lowest BCUT2D eigenvalue weighted by Crippen LogP contribution is -2.09. The molecule has 0 aliphatic carbocycles. The minimum Gasteiger partial charge on any atom is -0.491 e. The van der Waals surface area contributed by atoms with Crippen LogP contribution in [0, 0.1) is 0 Å². The first-order chi connectivity index (χ1) is 8.24. The summed E-state index contributed by atoms with van der Waals surface area (Å²) in [5.74, 6) is 0.648. The van der Waals surface area contributed by atoms with Gasteiger partial charge in [0.2, 0.25) is 0 Å². The highest BCUT2D eigenvalue weighted by atomic mass is 32.2. The van der Waals surface area contributed by atoms with Gasteiger partial charge in [-0.3, -0.25) is 0 Å². The average Bonchev–Trinajstić information content (AvgIpc) is 2.34. The second-order valence-corrected chi connectivity index (χ2v) is 4.14. The lowest BCUT2D eigenvalue weighted by Gasteiger charge is -2.07. The van der Waals surface area contributed by atoms with Crippen molar-refractivity contribution in [2.24, 2.45) is 0 Å². The zero-order valence-electron chi connectivity index (χ0n) is 9.63. The number of benzene rings is 1. The van der Waals surface area contributed by atoms with Crippen LogP contribution in [0.2, 0.25) is 0 Å². The van der Waals surface area contributed by atoms with Crippen molar-refractivity contribution in [1.29, 1.82) is 0 Å². The Kier molecular flexibility index (Phi) is 6.80. The van der Waals surface area contributed by atoms with Crippen molar-refractivity contribution in [1.82, 2.24) is 0 Å². The summed E-state index contributed by atoms with van der Waals surface area (Å²) < 4.78 is 34.9. The van der Waals surface area contributed by atoms with Crippen LogP contribution in [-0.4, -0.2) is 42.3 Å². The van der Waals surface area contributed by atoms with Gasteiger partial charge in [-0.2, -0.15) is 0 Å². The van der Waals surface area contributed by atoms with Gasteiger partial charge in [-0.15, -0.1) is 0 Å². The predicted molar refractivity (Wildman–Crippen MR) is 63.7 cm³/mol. The zero-order chi connectivity index (χ0) is 12.5.